The second-order valence-electron chi connectivity index (χ2n) is 7.27. The van der Waals surface area contributed by atoms with Gasteiger partial charge in [-0.25, -0.2) is 4.79 Å². The molecule has 1 fully saturated rings. The number of amides is 3. The maximum atomic E-state index is 12.3. The van der Waals surface area contributed by atoms with Crippen LogP contribution < -0.4 is 16.4 Å². The largest absolute Gasteiger partial charge is 0.352 e. The van der Waals surface area contributed by atoms with Crippen LogP contribution in [0.4, 0.5) is 4.79 Å². The first-order chi connectivity index (χ1) is 14.1. The molecule has 0 saturated carbocycles. The molecule has 7 heteroatoms. The molecular formula is C22H29N5O2. The molecule has 3 rings (SSSR count). The van der Waals surface area contributed by atoms with Crippen molar-refractivity contribution >= 4 is 11.9 Å². The Morgan fingerprint density at radius 1 is 0.828 bits per heavy atom. The highest BCUT2D eigenvalue weighted by molar-refractivity contribution is 5.94. The number of piperazine rings is 1. The van der Waals surface area contributed by atoms with Crippen LogP contribution in [0.15, 0.2) is 54.6 Å². The van der Waals surface area contributed by atoms with E-state index in [1.165, 1.54) is 5.56 Å². The summed E-state index contributed by atoms with van der Waals surface area (Å²) in [6, 6.07) is 17.1. The molecule has 1 heterocycles. The monoisotopic (exact) mass is 395 g/mol. The SMILES string of the molecule is NC(=O)NCc1ccc(C(=O)NCCN2CCN(Cc3ccccc3)CC2)cc1. The molecule has 29 heavy (non-hydrogen) atoms. The number of hydrogen-bond donors (Lipinski definition) is 3. The van der Waals surface area contributed by atoms with E-state index in [9.17, 15) is 9.59 Å². The number of nitrogens with zero attached hydrogens (tertiary/aromatic N) is 2. The van der Waals surface area contributed by atoms with Crippen molar-refractivity contribution in [3.05, 3.63) is 71.3 Å². The van der Waals surface area contributed by atoms with Gasteiger partial charge >= 0.3 is 6.03 Å². The van der Waals surface area contributed by atoms with E-state index in [1.54, 1.807) is 12.1 Å². The van der Waals surface area contributed by atoms with Crippen LogP contribution >= 0.6 is 0 Å². The Morgan fingerprint density at radius 2 is 1.48 bits per heavy atom. The van der Waals surface area contributed by atoms with Crippen molar-refractivity contribution in [2.24, 2.45) is 5.73 Å². The number of rotatable bonds is 8. The second-order valence-corrected chi connectivity index (χ2v) is 7.27. The molecule has 3 amide bonds. The van der Waals surface area contributed by atoms with Gasteiger partial charge in [-0.15, -0.1) is 0 Å². The van der Waals surface area contributed by atoms with Gasteiger partial charge in [0.2, 0.25) is 0 Å². The van der Waals surface area contributed by atoms with Crippen molar-refractivity contribution in [2.45, 2.75) is 13.1 Å². The minimum Gasteiger partial charge on any atom is -0.352 e. The number of benzene rings is 2. The fraction of sp³-hybridized carbons (Fsp3) is 0.364. The topological polar surface area (TPSA) is 90.7 Å². The number of nitrogens with two attached hydrogens (primary N) is 1. The van der Waals surface area contributed by atoms with Crippen molar-refractivity contribution in [1.82, 2.24) is 20.4 Å². The zero-order chi connectivity index (χ0) is 20.5. The molecule has 1 aliphatic heterocycles. The van der Waals surface area contributed by atoms with Gasteiger partial charge in [-0.3, -0.25) is 14.6 Å². The Balaban J connectivity index is 1.34. The number of nitrogens with one attached hydrogen (secondary N) is 2. The van der Waals surface area contributed by atoms with Crippen LogP contribution in [0.1, 0.15) is 21.5 Å². The average molecular weight is 396 g/mol. The molecule has 1 aliphatic rings. The molecule has 0 aliphatic carbocycles. The molecule has 7 nitrogen and oxygen atoms in total. The lowest BCUT2D eigenvalue weighted by atomic mass is 10.1. The predicted octanol–water partition coefficient (Wildman–Crippen LogP) is 1.40. The summed E-state index contributed by atoms with van der Waals surface area (Å²) in [4.78, 5) is 27.9. The summed E-state index contributed by atoms with van der Waals surface area (Å²) in [5, 5.41) is 5.51. The summed E-state index contributed by atoms with van der Waals surface area (Å²) >= 11 is 0. The molecule has 2 aromatic carbocycles. The van der Waals surface area contributed by atoms with E-state index in [1.807, 2.05) is 18.2 Å². The number of urea groups is 1. The lowest BCUT2D eigenvalue weighted by Crippen LogP contribution is -2.48. The van der Waals surface area contributed by atoms with Crippen molar-refractivity contribution in [1.29, 1.82) is 0 Å². The fourth-order valence-electron chi connectivity index (χ4n) is 3.41. The molecule has 0 atom stereocenters. The summed E-state index contributed by atoms with van der Waals surface area (Å²) in [7, 11) is 0. The van der Waals surface area contributed by atoms with E-state index < -0.39 is 6.03 Å². The Labute approximate surface area is 171 Å². The van der Waals surface area contributed by atoms with E-state index in [0.29, 0.717) is 18.7 Å². The van der Waals surface area contributed by atoms with Crippen LogP contribution in [0.3, 0.4) is 0 Å². The molecule has 0 unspecified atom stereocenters. The quantitative estimate of drug-likeness (QED) is 0.630. The smallest absolute Gasteiger partial charge is 0.312 e. The first kappa shape index (κ1) is 20.8. The highest BCUT2D eigenvalue weighted by Crippen LogP contribution is 2.08. The molecule has 0 radical (unpaired) electrons. The number of carbonyl (C=O) groups is 2. The number of primary amides is 1. The van der Waals surface area contributed by atoms with Gasteiger partial charge in [0, 0.05) is 57.9 Å². The maximum absolute atomic E-state index is 12.3. The highest BCUT2D eigenvalue weighted by Gasteiger charge is 2.16. The summed E-state index contributed by atoms with van der Waals surface area (Å²) < 4.78 is 0. The molecule has 0 bridgehead atoms. The Bertz CT molecular complexity index is 787. The van der Waals surface area contributed by atoms with Crippen LogP contribution in [0.25, 0.3) is 0 Å². The molecule has 4 N–H and O–H groups in total. The third kappa shape index (κ3) is 6.89. The Morgan fingerprint density at radius 3 is 2.14 bits per heavy atom. The summed E-state index contributed by atoms with van der Waals surface area (Å²) in [5.41, 5.74) is 7.92. The van der Waals surface area contributed by atoms with Crippen LogP contribution in [0.2, 0.25) is 0 Å². The van der Waals surface area contributed by atoms with Crippen LogP contribution in [-0.4, -0.2) is 61.0 Å². The van der Waals surface area contributed by atoms with Gasteiger partial charge in [0.15, 0.2) is 0 Å². The van der Waals surface area contributed by atoms with Crippen LogP contribution in [0, 0.1) is 0 Å². The van der Waals surface area contributed by atoms with Crippen molar-refractivity contribution in [3.63, 3.8) is 0 Å². The minimum atomic E-state index is -0.562. The third-order valence-corrected chi connectivity index (χ3v) is 5.11. The average Bonchev–Trinajstić information content (AvgIpc) is 2.74. The molecule has 154 valence electrons. The Hall–Kier alpha value is -2.90. The molecule has 0 spiro atoms. The standard InChI is InChI=1S/C22H29N5O2/c23-22(29)25-16-18-6-8-20(9-7-18)21(28)24-10-11-26-12-14-27(15-13-26)17-19-4-2-1-3-5-19/h1-9H,10-17H2,(H,24,28)(H3,23,25,29). The van der Waals surface area contributed by atoms with E-state index in [-0.39, 0.29) is 5.91 Å². The summed E-state index contributed by atoms with van der Waals surface area (Å²) in [5.74, 6) is -0.0814. The van der Waals surface area contributed by atoms with Gasteiger partial charge in [-0.2, -0.15) is 0 Å². The van der Waals surface area contributed by atoms with Crippen LogP contribution in [0.5, 0.6) is 0 Å². The summed E-state index contributed by atoms with van der Waals surface area (Å²) in [6.07, 6.45) is 0. The highest BCUT2D eigenvalue weighted by atomic mass is 16.2. The third-order valence-electron chi connectivity index (χ3n) is 5.11. The Kier molecular flexibility index (Phi) is 7.61. The van der Waals surface area contributed by atoms with Crippen LogP contribution in [-0.2, 0) is 13.1 Å². The molecule has 2 aromatic rings. The van der Waals surface area contributed by atoms with E-state index >= 15 is 0 Å². The second kappa shape index (κ2) is 10.6. The fourth-order valence-corrected chi connectivity index (χ4v) is 3.41. The van der Waals surface area contributed by atoms with Gasteiger partial charge in [0.25, 0.3) is 5.91 Å². The van der Waals surface area contributed by atoms with Crippen molar-refractivity contribution in [2.75, 3.05) is 39.3 Å². The summed E-state index contributed by atoms with van der Waals surface area (Å²) in [6.45, 7) is 6.96. The zero-order valence-corrected chi connectivity index (χ0v) is 16.6. The first-order valence-corrected chi connectivity index (χ1v) is 9.99. The van der Waals surface area contributed by atoms with Gasteiger partial charge in [0.05, 0.1) is 0 Å². The van der Waals surface area contributed by atoms with Gasteiger partial charge in [0.1, 0.15) is 0 Å². The van der Waals surface area contributed by atoms with Crippen molar-refractivity contribution < 1.29 is 9.59 Å². The number of carbonyl (C=O) groups excluding carboxylic acids is 2. The zero-order valence-electron chi connectivity index (χ0n) is 16.6. The van der Waals surface area contributed by atoms with Gasteiger partial charge in [-0.05, 0) is 23.3 Å². The minimum absolute atomic E-state index is 0.0814. The normalized spacial score (nSPS) is 15.0. The van der Waals surface area contributed by atoms with E-state index in [4.69, 9.17) is 5.73 Å². The maximum Gasteiger partial charge on any atom is 0.312 e. The predicted molar refractivity (Wildman–Crippen MR) is 113 cm³/mol. The first-order valence-electron chi connectivity index (χ1n) is 9.99. The molecule has 0 aromatic heterocycles. The molecular weight excluding hydrogens is 366 g/mol. The van der Waals surface area contributed by atoms with E-state index in [2.05, 4.69) is 44.7 Å². The van der Waals surface area contributed by atoms with Crippen molar-refractivity contribution in [3.8, 4) is 0 Å². The lowest BCUT2D eigenvalue weighted by Gasteiger charge is -2.34. The van der Waals surface area contributed by atoms with E-state index in [0.717, 1.165) is 44.8 Å². The molecule has 1 saturated heterocycles. The van der Waals surface area contributed by atoms with Gasteiger partial charge in [-0.1, -0.05) is 42.5 Å². The van der Waals surface area contributed by atoms with Gasteiger partial charge < -0.3 is 16.4 Å². The number of hydrogen-bond acceptors (Lipinski definition) is 4. The lowest BCUT2D eigenvalue weighted by molar-refractivity contribution is 0.0934.